The second kappa shape index (κ2) is 6.02. The predicted molar refractivity (Wildman–Crippen MR) is 78.1 cm³/mol. The molecule has 0 N–H and O–H groups in total. The summed E-state index contributed by atoms with van der Waals surface area (Å²) in [7, 11) is 0. The van der Waals surface area contributed by atoms with E-state index < -0.39 is 0 Å². The van der Waals surface area contributed by atoms with Crippen molar-refractivity contribution in [1.29, 1.82) is 0 Å². The molecule has 3 heterocycles. The van der Waals surface area contributed by atoms with Gasteiger partial charge in [0.15, 0.2) is 0 Å². The molecule has 0 bridgehead atoms. The Labute approximate surface area is 116 Å². The van der Waals surface area contributed by atoms with E-state index in [9.17, 15) is 0 Å². The van der Waals surface area contributed by atoms with Crippen LogP contribution in [0, 0.1) is 6.92 Å². The molecule has 3 nitrogen and oxygen atoms in total. The van der Waals surface area contributed by atoms with Gasteiger partial charge >= 0.3 is 0 Å². The van der Waals surface area contributed by atoms with E-state index >= 15 is 0 Å². The Morgan fingerprint density at radius 1 is 1.21 bits per heavy atom. The number of piperidine rings is 1. The Kier molecular flexibility index (Phi) is 4.14. The number of fused-ring (bicyclic) bond motifs is 1. The Hall–Kier alpha value is -0.930. The Bertz CT molecular complexity index is 418. The van der Waals surface area contributed by atoms with Gasteiger partial charge in [-0.05, 0) is 63.0 Å². The average molecular weight is 259 g/mol. The summed E-state index contributed by atoms with van der Waals surface area (Å²) in [4.78, 5) is 9.64. The maximum atomic E-state index is 4.28. The summed E-state index contributed by atoms with van der Waals surface area (Å²) in [5.74, 6) is 0. The lowest BCUT2D eigenvalue weighted by Crippen LogP contribution is -2.43. The maximum absolute atomic E-state index is 4.28. The summed E-state index contributed by atoms with van der Waals surface area (Å²) >= 11 is 0. The van der Waals surface area contributed by atoms with E-state index in [-0.39, 0.29) is 0 Å². The van der Waals surface area contributed by atoms with E-state index in [2.05, 4.69) is 27.8 Å². The Morgan fingerprint density at radius 3 is 3.00 bits per heavy atom. The standard InChI is InChI=1S/C16H25N3/c1-14-6-7-17-11-15(14)12-18-8-4-10-19-9-3-2-5-16(19)13-18/h6-7,11,16H,2-5,8-10,12-13H2,1H3. The van der Waals surface area contributed by atoms with Gasteiger partial charge in [0.05, 0.1) is 0 Å². The number of nitrogens with zero attached hydrogens (tertiary/aromatic N) is 3. The molecule has 0 amide bonds. The molecule has 2 aliphatic rings. The first kappa shape index (κ1) is 13.1. The molecule has 2 fully saturated rings. The lowest BCUT2D eigenvalue weighted by Gasteiger charge is -2.35. The zero-order chi connectivity index (χ0) is 13.1. The van der Waals surface area contributed by atoms with Crippen LogP contribution in [0.2, 0.25) is 0 Å². The molecule has 1 aromatic rings. The van der Waals surface area contributed by atoms with Crippen molar-refractivity contribution in [2.75, 3.05) is 26.2 Å². The van der Waals surface area contributed by atoms with Gasteiger partial charge in [0.1, 0.15) is 0 Å². The summed E-state index contributed by atoms with van der Waals surface area (Å²) in [5.41, 5.74) is 2.77. The van der Waals surface area contributed by atoms with Gasteiger partial charge in [0, 0.05) is 31.5 Å². The average Bonchev–Trinajstić information content (AvgIpc) is 2.63. The molecular formula is C16H25N3. The van der Waals surface area contributed by atoms with Crippen LogP contribution in [0.5, 0.6) is 0 Å². The van der Waals surface area contributed by atoms with Crippen LogP contribution in [0.4, 0.5) is 0 Å². The van der Waals surface area contributed by atoms with Gasteiger partial charge in [0.2, 0.25) is 0 Å². The quantitative estimate of drug-likeness (QED) is 0.813. The molecule has 2 aliphatic heterocycles. The first-order valence-corrected chi connectivity index (χ1v) is 7.69. The zero-order valence-electron chi connectivity index (χ0n) is 12.0. The largest absolute Gasteiger partial charge is 0.299 e. The molecule has 104 valence electrons. The smallest absolute Gasteiger partial charge is 0.0315 e. The minimum absolute atomic E-state index is 0.799. The maximum Gasteiger partial charge on any atom is 0.0315 e. The molecule has 0 saturated carbocycles. The lowest BCUT2D eigenvalue weighted by atomic mass is 10.0. The van der Waals surface area contributed by atoms with Gasteiger partial charge in [-0.25, -0.2) is 0 Å². The van der Waals surface area contributed by atoms with Crippen LogP contribution >= 0.6 is 0 Å². The van der Waals surface area contributed by atoms with Crippen molar-refractivity contribution in [3.05, 3.63) is 29.6 Å². The topological polar surface area (TPSA) is 19.4 Å². The summed E-state index contributed by atoms with van der Waals surface area (Å²) < 4.78 is 0. The van der Waals surface area contributed by atoms with Crippen LogP contribution in [0.25, 0.3) is 0 Å². The predicted octanol–water partition coefficient (Wildman–Crippen LogP) is 2.45. The molecule has 1 unspecified atom stereocenters. The summed E-state index contributed by atoms with van der Waals surface area (Å²) in [6.07, 6.45) is 9.46. The third-order valence-corrected chi connectivity index (χ3v) is 4.68. The molecular weight excluding hydrogens is 234 g/mol. The first-order chi connectivity index (χ1) is 9.33. The van der Waals surface area contributed by atoms with E-state index in [1.807, 2.05) is 12.4 Å². The minimum atomic E-state index is 0.799. The van der Waals surface area contributed by atoms with Gasteiger partial charge in [0.25, 0.3) is 0 Å². The number of hydrogen-bond donors (Lipinski definition) is 0. The van der Waals surface area contributed by atoms with Crippen LogP contribution in [0.3, 0.4) is 0 Å². The van der Waals surface area contributed by atoms with Crippen LogP contribution in [0.1, 0.15) is 36.8 Å². The summed E-state index contributed by atoms with van der Waals surface area (Å²) in [6.45, 7) is 8.37. The van der Waals surface area contributed by atoms with E-state index in [1.54, 1.807) is 0 Å². The van der Waals surface area contributed by atoms with Gasteiger partial charge in [-0.15, -0.1) is 0 Å². The molecule has 1 atom stereocenters. The summed E-state index contributed by atoms with van der Waals surface area (Å²) in [6, 6.07) is 2.92. The van der Waals surface area contributed by atoms with Crippen LogP contribution in [-0.2, 0) is 6.54 Å². The monoisotopic (exact) mass is 259 g/mol. The fourth-order valence-corrected chi connectivity index (χ4v) is 3.49. The van der Waals surface area contributed by atoms with E-state index in [0.29, 0.717) is 0 Å². The number of pyridine rings is 1. The van der Waals surface area contributed by atoms with Crippen molar-refractivity contribution >= 4 is 0 Å². The van der Waals surface area contributed by atoms with Gasteiger partial charge in [-0.1, -0.05) is 6.42 Å². The Morgan fingerprint density at radius 2 is 2.11 bits per heavy atom. The van der Waals surface area contributed by atoms with E-state index in [0.717, 1.165) is 12.6 Å². The van der Waals surface area contributed by atoms with Crippen molar-refractivity contribution in [1.82, 2.24) is 14.8 Å². The lowest BCUT2D eigenvalue weighted by molar-refractivity contribution is 0.135. The highest BCUT2D eigenvalue weighted by Crippen LogP contribution is 2.22. The van der Waals surface area contributed by atoms with Crippen LogP contribution in [0.15, 0.2) is 18.5 Å². The molecule has 2 saturated heterocycles. The van der Waals surface area contributed by atoms with Crippen molar-refractivity contribution in [2.24, 2.45) is 0 Å². The number of hydrogen-bond acceptors (Lipinski definition) is 3. The minimum Gasteiger partial charge on any atom is -0.299 e. The molecule has 0 aromatic carbocycles. The van der Waals surface area contributed by atoms with Gasteiger partial charge in [-0.2, -0.15) is 0 Å². The number of aromatic nitrogens is 1. The molecule has 0 aliphatic carbocycles. The van der Waals surface area contributed by atoms with E-state index in [4.69, 9.17) is 0 Å². The molecule has 0 radical (unpaired) electrons. The first-order valence-electron chi connectivity index (χ1n) is 7.69. The number of aryl methyl sites for hydroxylation is 1. The highest BCUT2D eigenvalue weighted by atomic mass is 15.2. The van der Waals surface area contributed by atoms with Crippen LogP contribution in [-0.4, -0.2) is 47.0 Å². The van der Waals surface area contributed by atoms with Gasteiger partial charge < -0.3 is 0 Å². The normalized spacial score (nSPS) is 25.8. The third kappa shape index (κ3) is 3.15. The fourth-order valence-electron chi connectivity index (χ4n) is 3.49. The fraction of sp³-hybridized carbons (Fsp3) is 0.688. The Balaban J connectivity index is 1.66. The van der Waals surface area contributed by atoms with Crippen molar-refractivity contribution in [3.63, 3.8) is 0 Å². The van der Waals surface area contributed by atoms with Crippen molar-refractivity contribution in [3.8, 4) is 0 Å². The second-order valence-corrected chi connectivity index (χ2v) is 6.08. The third-order valence-electron chi connectivity index (χ3n) is 4.68. The highest BCUT2D eigenvalue weighted by molar-refractivity contribution is 5.21. The van der Waals surface area contributed by atoms with Crippen molar-refractivity contribution in [2.45, 2.75) is 45.2 Å². The van der Waals surface area contributed by atoms with Gasteiger partial charge in [-0.3, -0.25) is 14.8 Å². The second-order valence-electron chi connectivity index (χ2n) is 6.08. The number of rotatable bonds is 2. The summed E-state index contributed by atoms with van der Waals surface area (Å²) in [5, 5.41) is 0. The molecule has 3 heteroatoms. The van der Waals surface area contributed by atoms with E-state index in [1.165, 1.54) is 63.0 Å². The SMILES string of the molecule is Cc1ccncc1CN1CCCN2CCCCC2C1. The molecule has 0 spiro atoms. The molecule has 19 heavy (non-hydrogen) atoms. The van der Waals surface area contributed by atoms with Crippen molar-refractivity contribution < 1.29 is 0 Å². The molecule has 3 rings (SSSR count). The zero-order valence-corrected chi connectivity index (χ0v) is 12.0. The molecule has 1 aromatic heterocycles. The highest BCUT2D eigenvalue weighted by Gasteiger charge is 2.26. The van der Waals surface area contributed by atoms with Crippen LogP contribution < -0.4 is 0 Å².